The van der Waals surface area contributed by atoms with E-state index in [1.54, 1.807) is 0 Å². The van der Waals surface area contributed by atoms with E-state index in [-0.39, 0.29) is 0 Å². The lowest BCUT2D eigenvalue weighted by Gasteiger charge is -2.06. The van der Waals surface area contributed by atoms with Gasteiger partial charge in [0, 0.05) is 5.56 Å². The molecule has 21 heavy (non-hydrogen) atoms. The molecular weight excluding hydrogens is 276 g/mol. The molecule has 0 bridgehead atoms. The minimum absolute atomic E-state index is 0.493. The van der Waals surface area contributed by atoms with E-state index in [1.165, 1.54) is 16.9 Å². The molecule has 1 heterocycles. The number of rotatable bonds is 4. The van der Waals surface area contributed by atoms with Crippen LogP contribution in [0.5, 0.6) is 0 Å². The van der Waals surface area contributed by atoms with E-state index in [9.17, 15) is 0 Å². The normalized spacial score (nSPS) is 10.3. The Morgan fingerprint density at radius 2 is 1.57 bits per heavy atom. The molecule has 2 nitrogen and oxygen atoms in total. The van der Waals surface area contributed by atoms with Crippen molar-refractivity contribution in [2.24, 2.45) is 4.99 Å². The molecule has 1 aromatic heterocycles. The van der Waals surface area contributed by atoms with Gasteiger partial charge in [-0.05, 0) is 29.3 Å². The SMILES string of the molecule is C=Nc1ccsc1C(=N)c1ccc(-c2ccccc2)cc1. The summed E-state index contributed by atoms with van der Waals surface area (Å²) in [5, 5.41) is 10.3. The average Bonchev–Trinajstić information content (AvgIpc) is 3.04. The van der Waals surface area contributed by atoms with Gasteiger partial charge in [0.15, 0.2) is 0 Å². The van der Waals surface area contributed by atoms with Crippen molar-refractivity contribution < 1.29 is 0 Å². The molecule has 3 heteroatoms. The monoisotopic (exact) mass is 290 g/mol. The van der Waals surface area contributed by atoms with E-state index in [0.29, 0.717) is 5.71 Å². The Hall–Kier alpha value is -2.52. The maximum Gasteiger partial charge on any atom is 0.0824 e. The first-order valence-electron chi connectivity index (χ1n) is 6.58. The van der Waals surface area contributed by atoms with E-state index >= 15 is 0 Å². The molecule has 0 saturated carbocycles. The third-order valence-electron chi connectivity index (χ3n) is 3.32. The molecule has 3 aromatic rings. The van der Waals surface area contributed by atoms with Crippen LogP contribution in [-0.4, -0.2) is 12.4 Å². The Morgan fingerprint density at radius 1 is 0.905 bits per heavy atom. The number of aliphatic imine (C=N–C) groups is 1. The molecule has 0 unspecified atom stereocenters. The van der Waals surface area contributed by atoms with Gasteiger partial charge >= 0.3 is 0 Å². The zero-order valence-corrected chi connectivity index (χ0v) is 12.2. The number of nitrogens with zero attached hydrogens (tertiary/aromatic N) is 1. The lowest BCUT2D eigenvalue weighted by atomic mass is 10.0. The maximum atomic E-state index is 8.33. The third kappa shape index (κ3) is 2.69. The zero-order chi connectivity index (χ0) is 14.7. The second-order valence-corrected chi connectivity index (χ2v) is 5.53. The summed E-state index contributed by atoms with van der Waals surface area (Å²) in [5.41, 5.74) is 4.49. The smallest absolute Gasteiger partial charge is 0.0824 e. The summed E-state index contributed by atoms with van der Waals surface area (Å²) < 4.78 is 0. The van der Waals surface area contributed by atoms with Crippen LogP contribution in [0.4, 0.5) is 5.69 Å². The van der Waals surface area contributed by atoms with E-state index < -0.39 is 0 Å². The van der Waals surface area contributed by atoms with E-state index in [4.69, 9.17) is 5.41 Å². The standard InChI is InChI=1S/C18H14N2S/c1-20-16-11-12-21-18(16)17(19)15-9-7-14(8-10-15)13-5-3-2-4-6-13/h2-12,19H,1H2. The van der Waals surface area contributed by atoms with Crippen molar-refractivity contribution in [1.82, 2.24) is 0 Å². The van der Waals surface area contributed by atoms with Gasteiger partial charge in [0.05, 0.1) is 16.3 Å². The van der Waals surface area contributed by atoms with Crippen LogP contribution in [0.1, 0.15) is 10.4 Å². The Morgan fingerprint density at radius 3 is 2.24 bits per heavy atom. The number of hydrogen-bond acceptors (Lipinski definition) is 3. The highest BCUT2D eigenvalue weighted by molar-refractivity contribution is 7.13. The van der Waals surface area contributed by atoms with Crippen LogP contribution >= 0.6 is 11.3 Å². The van der Waals surface area contributed by atoms with E-state index in [2.05, 4.69) is 23.8 Å². The van der Waals surface area contributed by atoms with Crippen molar-refractivity contribution in [3.05, 3.63) is 76.5 Å². The summed E-state index contributed by atoms with van der Waals surface area (Å²) in [4.78, 5) is 4.82. The first-order valence-corrected chi connectivity index (χ1v) is 7.46. The van der Waals surface area contributed by atoms with Gasteiger partial charge in [-0.3, -0.25) is 10.4 Å². The number of hydrogen-bond donors (Lipinski definition) is 1. The Bertz CT molecular complexity index is 770. The molecule has 0 aliphatic heterocycles. The zero-order valence-electron chi connectivity index (χ0n) is 11.4. The summed E-state index contributed by atoms with van der Waals surface area (Å²) in [7, 11) is 0. The van der Waals surface area contributed by atoms with E-state index in [0.717, 1.165) is 21.7 Å². The summed E-state index contributed by atoms with van der Waals surface area (Å²) in [5.74, 6) is 0. The average molecular weight is 290 g/mol. The second kappa shape index (κ2) is 5.85. The summed E-state index contributed by atoms with van der Waals surface area (Å²) in [6, 6.07) is 20.2. The van der Waals surface area contributed by atoms with Crippen molar-refractivity contribution >= 4 is 29.5 Å². The van der Waals surface area contributed by atoms with Gasteiger partial charge in [-0.2, -0.15) is 0 Å². The Labute approximate surface area is 127 Å². The highest BCUT2D eigenvalue weighted by atomic mass is 32.1. The summed E-state index contributed by atoms with van der Waals surface area (Å²) in [6.07, 6.45) is 0. The van der Waals surface area contributed by atoms with Crippen molar-refractivity contribution in [2.75, 3.05) is 0 Å². The molecule has 102 valence electrons. The lowest BCUT2D eigenvalue weighted by Crippen LogP contribution is -1.98. The summed E-state index contributed by atoms with van der Waals surface area (Å²) in [6.45, 7) is 3.55. The van der Waals surface area contributed by atoms with Crippen LogP contribution in [0.15, 0.2) is 71.0 Å². The van der Waals surface area contributed by atoms with Gasteiger partial charge in [-0.25, -0.2) is 0 Å². The topological polar surface area (TPSA) is 36.2 Å². The van der Waals surface area contributed by atoms with Crippen LogP contribution in [0, 0.1) is 5.41 Å². The van der Waals surface area contributed by atoms with Crippen LogP contribution in [0.3, 0.4) is 0 Å². The fourth-order valence-corrected chi connectivity index (χ4v) is 3.03. The molecule has 1 N–H and O–H groups in total. The maximum absolute atomic E-state index is 8.33. The Kier molecular flexibility index (Phi) is 3.75. The number of benzene rings is 2. The van der Waals surface area contributed by atoms with Gasteiger partial charge < -0.3 is 0 Å². The van der Waals surface area contributed by atoms with Crippen LogP contribution in [0.25, 0.3) is 11.1 Å². The van der Waals surface area contributed by atoms with Crippen molar-refractivity contribution in [3.63, 3.8) is 0 Å². The minimum Gasteiger partial charge on any atom is -0.299 e. The largest absolute Gasteiger partial charge is 0.299 e. The predicted octanol–water partition coefficient (Wildman–Crippen LogP) is 5.16. The van der Waals surface area contributed by atoms with Crippen molar-refractivity contribution in [2.45, 2.75) is 0 Å². The molecule has 3 rings (SSSR count). The first-order chi connectivity index (χ1) is 10.3. The molecule has 0 aliphatic rings. The fraction of sp³-hybridized carbons (Fsp3) is 0. The highest BCUT2D eigenvalue weighted by Crippen LogP contribution is 2.28. The molecular formula is C18H14N2S. The fourth-order valence-electron chi connectivity index (χ4n) is 2.21. The molecule has 0 spiro atoms. The van der Waals surface area contributed by atoms with Gasteiger partial charge in [0.2, 0.25) is 0 Å². The van der Waals surface area contributed by atoms with Crippen molar-refractivity contribution in [3.8, 4) is 11.1 Å². The molecule has 0 amide bonds. The van der Waals surface area contributed by atoms with Crippen LogP contribution < -0.4 is 0 Å². The van der Waals surface area contributed by atoms with Gasteiger partial charge in [0.25, 0.3) is 0 Å². The predicted molar refractivity (Wildman–Crippen MR) is 91.3 cm³/mol. The molecule has 0 radical (unpaired) electrons. The Balaban J connectivity index is 1.91. The number of thiophene rings is 1. The molecule has 0 fully saturated rings. The van der Waals surface area contributed by atoms with Crippen LogP contribution in [0.2, 0.25) is 0 Å². The molecule has 2 aromatic carbocycles. The van der Waals surface area contributed by atoms with Crippen LogP contribution in [-0.2, 0) is 0 Å². The molecule has 0 saturated heterocycles. The molecule has 0 aliphatic carbocycles. The second-order valence-electron chi connectivity index (χ2n) is 4.61. The minimum atomic E-state index is 0.493. The van der Waals surface area contributed by atoms with E-state index in [1.807, 2.05) is 53.9 Å². The van der Waals surface area contributed by atoms with Crippen molar-refractivity contribution in [1.29, 1.82) is 5.41 Å². The first kappa shape index (κ1) is 13.5. The highest BCUT2D eigenvalue weighted by Gasteiger charge is 2.11. The molecule has 0 atom stereocenters. The van der Waals surface area contributed by atoms with Gasteiger partial charge in [-0.1, -0.05) is 54.6 Å². The van der Waals surface area contributed by atoms with Gasteiger partial charge in [0.1, 0.15) is 0 Å². The third-order valence-corrected chi connectivity index (χ3v) is 4.24. The quantitative estimate of drug-likeness (QED) is 0.644. The van der Waals surface area contributed by atoms with Gasteiger partial charge in [-0.15, -0.1) is 11.3 Å². The lowest BCUT2D eigenvalue weighted by molar-refractivity contribution is 1.47. The number of nitrogens with one attached hydrogen (secondary N) is 1. The summed E-state index contributed by atoms with van der Waals surface area (Å²) >= 11 is 1.52.